The van der Waals surface area contributed by atoms with E-state index in [1.54, 1.807) is 6.07 Å². The molecule has 0 aliphatic heterocycles. The Balaban J connectivity index is 2.20. The van der Waals surface area contributed by atoms with Gasteiger partial charge in [0.1, 0.15) is 0 Å². The van der Waals surface area contributed by atoms with Crippen LogP contribution >= 0.6 is 0 Å². The van der Waals surface area contributed by atoms with Gasteiger partial charge in [-0.15, -0.1) is 0 Å². The normalized spacial score (nSPS) is 27.6. The lowest BCUT2D eigenvalue weighted by Gasteiger charge is -2.41. The topological polar surface area (TPSA) is 26.0 Å². The fraction of sp³-hybridized carbons (Fsp3) is 0.625. The molecule has 4 heteroatoms. The molecule has 0 amide bonds. The third-order valence-electron chi connectivity index (χ3n) is 4.54. The molecule has 0 heterocycles. The van der Waals surface area contributed by atoms with Crippen LogP contribution in [0.4, 0.5) is 13.2 Å². The molecule has 1 nitrogen and oxygen atoms in total. The first-order chi connectivity index (χ1) is 9.35. The second-order valence-electron chi connectivity index (χ2n) is 5.96. The first-order valence-corrected chi connectivity index (χ1v) is 7.30. The summed E-state index contributed by atoms with van der Waals surface area (Å²) in [5.41, 5.74) is 6.29. The van der Waals surface area contributed by atoms with Crippen molar-refractivity contribution in [3.8, 4) is 0 Å². The molecule has 1 fully saturated rings. The molecule has 112 valence electrons. The molecule has 0 spiro atoms. The fourth-order valence-electron chi connectivity index (χ4n) is 3.42. The van der Waals surface area contributed by atoms with Crippen molar-refractivity contribution in [1.82, 2.24) is 0 Å². The monoisotopic (exact) mass is 285 g/mol. The van der Waals surface area contributed by atoms with E-state index >= 15 is 0 Å². The minimum atomic E-state index is -4.28. The largest absolute Gasteiger partial charge is 0.416 e. The molecule has 2 unspecified atom stereocenters. The van der Waals surface area contributed by atoms with Crippen LogP contribution < -0.4 is 5.73 Å². The Bertz CT molecular complexity index is 455. The van der Waals surface area contributed by atoms with Crippen LogP contribution in [0.15, 0.2) is 24.3 Å². The number of hydrogen-bond acceptors (Lipinski definition) is 1. The summed E-state index contributed by atoms with van der Waals surface area (Å²) in [6.07, 6.45) is 1.50. The minimum Gasteiger partial charge on any atom is -0.325 e. The Hall–Kier alpha value is -1.03. The van der Waals surface area contributed by atoms with Crippen molar-refractivity contribution >= 4 is 0 Å². The van der Waals surface area contributed by atoms with Gasteiger partial charge in [-0.25, -0.2) is 0 Å². The number of halogens is 3. The van der Waals surface area contributed by atoms with Crippen molar-refractivity contribution in [3.05, 3.63) is 35.4 Å². The van der Waals surface area contributed by atoms with Gasteiger partial charge < -0.3 is 5.73 Å². The average molecular weight is 285 g/mol. The van der Waals surface area contributed by atoms with Gasteiger partial charge in [-0.05, 0) is 36.8 Å². The highest BCUT2D eigenvalue weighted by atomic mass is 19.4. The number of benzene rings is 1. The molecule has 1 aromatic rings. The van der Waals surface area contributed by atoms with Crippen LogP contribution in [-0.2, 0) is 12.6 Å². The van der Waals surface area contributed by atoms with Crippen molar-refractivity contribution in [1.29, 1.82) is 0 Å². The number of rotatable bonds is 3. The first-order valence-electron chi connectivity index (χ1n) is 7.30. The van der Waals surface area contributed by atoms with Crippen molar-refractivity contribution in [2.75, 3.05) is 0 Å². The Labute approximate surface area is 118 Å². The quantitative estimate of drug-likeness (QED) is 0.866. The third-order valence-corrected chi connectivity index (χ3v) is 4.54. The zero-order valence-corrected chi connectivity index (χ0v) is 11.8. The Morgan fingerprint density at radius 3 is 2.70 bits per heavy atom. The Morgan fingerprint density at radius 1 is 1.30 bits per heavy atom. The standard InChI is InChI=1S/C16H22F3N/c1-2-13-7-3-4-9-15(13,20)11-12-6-5-8-14(10-12)16(17,18)19/h5-6,8,10,13H,2-4,7,9,11,20H2,1H3. The maximum absolute atomic E-state index is 12.8. The van der Waals surface area contributed by atoms with Crippen molar-refractivity contribution in [2.24, 2.45) is 11.7 Å². The van der Waals surface area contributed by atoms with Crippen LogP contribution in [0.25, 0.3) is 0 Å². The smallest absolute Gasteiger partial charge is 0.325 e. The van der Waals surface area contributed by atoms with Gasteiger partial charge in [0.25, 0.3) is 0 Å². The van der Waals surface area contributed by atoms with E-state index in [9.17, 15) is 13.2 Å². The third kappa shape index (κ3) is 3.35. The van der Waals surface area contributed by atoms with Gasteiger partial charge in [0.05, 0.1) is 5.56 Å². The van der Waals surface area contributed by atoms with Crippen molar-refractivity contribution in [3.63, 3.8) is 0 Å². The summed E-state index contributed by atoms with van der Waals surface area (Å²) in [6, 6.07) is 5.59. The summed E-state index contributed by atoms with van der Waals surface area (Å²) in [5, 5.41) is 0. The maximum Gasteiger partial charge on any atom is 0.416 e. The van der Waals surface area contributed by atoms with Crippen LogP contribution in [0, 0.1) is 5.92 Å². The van der Waals surface area contributed by atoms with Gasteiger partial charge in [0.15, 0.2) is 0 Å². The molecule has 1 aliphatic carbocycles. The van der Waals surface area contributed by atoms with Crippen LogP contribution in [0.2, 0.25) is 0 Å². The van der Waals surface area contributed by atoms with Crippen molar-refractivity contribution in [2.45, 2.75) is 57.2 Å². The van der Waals surface area contributed by atoms with E-state index in [2.05, 4.69) is 6.92 Å². The highest BCUT2D eigenvalue weighted by molar-refractivity contribution is 5.27. The van der Waals surface area contributed by atoms with E-state index in [4.69, 9.17) is 5.73 Å². The molecule has 0 saturated heterocycles. The predicted octanol–water partition coefficient (Wildman–Crippen LogP) is 4.55. The summed E-state index contributed by atoms with van der Waals surface area (Å²) in [7, 11) is 0. The summed E-state index contributed by atoms with van der Waals surface area (Å²) in [4.78, 5) is 0. The number of alkyl halides is 3. The minimum absolute atomic E-state index is 0.350. The summed E-state index contributed by atoms with van der Waals surface area (Å²) in [6.45, 7) is 2.11. The van der Waals surface area contributed by atoms with Crippen LogP contribution in [-0.4, -0.2) is 5.54 Å². The van der Waals surface area contributed by atoms with E-state index < -0.39 is 11.7 Å². The zero-order valence-electron chi connectivity index (χ0n) is 11.8. The summed E-state index contributed by atoms with van der Waals surface area (Å²) < 4.78 is 38.3. The Kier molecular flexibility index (Phi) is 4.43. The van der Waals surface area contributed by atoms with E-state index in [0.717, 1.165) is 31.7 Å². The first kappa shape index (κ1) is 15.4. The average Bonchev–Trinajstić information content (AvgIpc) is 2.38. The summed E-state index contributed by atoms with van der Waals surface area (Å²) in [5.74, 6) is 0.408. The van der Waals surface area contributed by atoms with E-state index in [1.165, 1.54) is 18.6 Å². The molecule has 0 aromatic heterocycles. The molecule has 1 aromatic carbocycles. The van der Waals surface area contributed by atoms with Gasteiger partial charge >= 0.3 is 6.18 Å². The SMILES string of the molecule is CCC1CCCCC1(N)Cc1cccc(C(F)(F)F)c1. The molecule has 2 rings (SSSR count). The van der Waals surface area contributed by atoms with Gasteiger partial charge in [0.2, 0.25) is 0 Å². The molecular weight excluding hydrogens is 263 g/mol. The van der Waals surface area contributed by atoms with Gasteiger partial charge in [-0.2, -0.15) is 13.2 Å². The highest BCUT2D eigenvalue weighted by Gasteiger charge is 2.37. The van der Waals surface area contributed by atoms with Crippen LogP contribution in [0.5, 0.6) is 0 Å². The molecule has 2 atom stereocenters. The highest BCUT2D eigenvalue weighted by Crippen LogP contribution is 2.37. The van der Waals surface area contributed by atoms with E-state index in [0.29, 0.717) is 17.9 Å². The second kappa shape index (κ2) is 5.76. The lowest BCUT2D eigenvalue weighted by atomic mass is 9.69. The van der Waals surface area contributed by atoms with Gasteiger partial charge in [0, 0.05) is 5.54 Å². The molecule has 0 bridgehead atoms. The fourth-order valence-corrected chi connectivity index (χ4v) is 3.42. The number of hydrogen-bond donors (Lipinski definition) is 1. The molecule has 1 saturated carbocycles. The molecule has 2 N–H and O–H groups in total. The van der Waals surface area contributed by atoms with Crippen LogP contribution in [0.3, 0.4) is 0 Å². The summed E-state index contributed by atoms with van der Waals surface area (Å²) >= 11 is 0. The van der Waals surface area contributed by atoms with E-state index in [-0.39, 0.29) is 5.54 Å². The molecular formula is C16H22F3N. The lowest BCUT2D eigenvalue weighted by molar-refractivity contribution is -0.137. The predicted molar refractivity (Wildman–Crippen MR) is 74.3 cm³/mol. The Morgan fingerprint density at radius 2 is 2.05 bits per heavy atom. The molecule has 1 aliphatic rings. The maximum atomic E-state index is 12.8. The van der Waals surface area contributed by atoms with E-state index in [1.807, 2.05) is 0 Å². The van der Waals surface area contributed by atoms with Crippen molar-refractivity contribution < 1.29 is 13.2 Å². The molecule has 20 heavy (non-hydrogen) atoms. The zero-order chi connectivity index (χ0) is 14.8. The number of nitrogens with two attached hydrogens (primary N) is 1. The second-order valence-corrected chi connectivity index (χ2v) is 5.96. The molecule has 0 radical (unpaired) electrons. The van der Waals surface area contributed by atoms with Gasteiger partial charge in [-0.3, -0.25) is 0 Å². The van der Waals surface area contributed by atoms with Crippen LogP contribution in [0.1, 0.15) is 50.2 Å². The van der Waals surface area contributed by atoms with Gasteiger partial charge in [-0.1, -0.05) is 44.4 Å². The lowest BCUT2D eigenvalue weighted by Crippen LogP contribution is -2.50.